The van der Waals surface area contributed by atoms with Crippen molar-refractivity contribution in [3.05, 3.63) is 22.2 Å². The summed E-state index contributed by atoms with van der Waals surface area (Å²) in [6.07, 6.45) is 3.21. The highest BCUT2D eigenvalue weighted by Crippen LogP contribution is 2.53. The van der Waals surface area contributed by atoms with E-state index in [0.717, 1.165) is 42.6 Å². The van der Waals surface area contributed by atoms with Crippen LogP contribution in [-0.2, 0) is 12.0 Å². The predicted molar refractivity (Wildman–Crippen MR) is 69.6 cm³/mol. The second kappa shape index (κ2) is 4.32. The lowest BCUT2D eigenvalue weighted by atomic mass is 9.97. The molecular weight excluding hydrogens is 252 g/mol. The Labute approximate surface area is 112 Å². The highest BCUT2D eigenvalue weighted by molar-refractivity contribution is 6.31. The molecule has 0 atom stereocenters. The summed E-state index contributed by atoms with van der Waals surface area (Å²) >= 11 is 6.33. The summed E-state index contributed by atoms with van der Waals surface area (Å²) in [6.45, 7) is 3.35. The van der Waals surface area contributed by atoms with E-state index in [9.17, 15) is 5.11 Å². The van der Waals surface area contributed by atoms with Gasteiger partial charge in [0.15, 0.2) is 11.5 Å². The van der Waals surface area contributed by atoms with Gasteiger partial charge in [-0.05, 0) is 19.3 Å². The molecule has 0 amide bonds. The van der Waals surface area contributed by atoms with Crippen LogP contribution in [0.25, 0.3) is 0 Å². The van der Waals surface area contributed by atoms with Crippen molar-refractivity contribution < 1.29 is 14.6 Å². The van der Waals surface area contributed by atoms with Crippen LogP contribution >= 0.6 is 11.6 Å². The molecule has 0 radical (unpaired) electrons. The highest BCUT2D eigenvalue weighted by Gasteiger charge is 2.46. The Bertz CT molecular complexity index is 480. The fraction of sp³-hybridized carbons (Fsp3) is 0.571. The molecule has 0 saturated heterocycles. The zero-order valence-electron chi connectivity index (χ0n) is 10.5. The minimum Gasteiger partial charge on any atom is -0.489 e. The van der Waals surface area contributed by atoms with Gasteiger partial charge in [0.25, 0.3) is 0 Å². The molecule has 1 aliphatic heterocycles. The molecule has 1 aliphatic carbocycles. The lowest BCUT2D eigenvalue weighted by Crippen LogP contribution is -2.11. The Balaban J connectivity index is 2.18. The van der Waals surface area contributed by atoms with Crippen molar-refractivity contribution in [1.29, 1.82) is 0 Å². The van der Waals surface area contributed by atoms with E-state index in [1.54, 1.807) is 6.07 Å². The van der Waals surface area contributed by atoms with E-state index >= 15 is 0 Å². The molecule has 18 heavy (non-hydrogen) atoms. The van der Waals surface area contributed by atoms with Gasteiger partial charge in [-0.1, -0.05) is 18.5 Å². The quantitative estimate of drug-likeness (QED) is 0.896. The van der Waals surface area contributed by atoms with E-state index in [1.807, 2.05) is 0 Å². The first-order valence-corrected chi connectivity index (χ1v) is 6.87. The first-order valence-electron chi connectivity index (χ1n) is 6.49. The van der Waals surface area contributed by atoms with Gasteiger partial charge in [0.2, 0.25) is 0 Å². The summed E-state index contributed by atoms with van der Waals surface area (Å²) in [4.78, 5) is 0. The van der Waals surface area contributed by atoms with Gasteiger partial charge in [0.05, 0.1) is 23.8 Å². The van der Waals surface area contributed by atoms with Crippen LogP contribution < -0.4 is 9.47 Å². The first kappa shape index (κ1) is 12.1. The standard InChI is InChI=1S/C14H17ClO3/c1-2-9-12(14(16)4-5-14)10(15)8-11-13(9)18-7-3-6-17-11/h8,16H,2-7H2,1H3. The molecule has 1 saturated carbocycles. The molecule has 0 unspecified atom stereocenters. The Kier molecular flexibility index (Phi) is 2.91. The average Bonchev–Trinajstić information content (AvgIpc) is 3.11. The van der Waals surface area contributed by atoms with E-state index in [2.05, 4.69) is 6.92 Å². The number of halogens is 1. The SMILES string of the molecule is CCc1c2c(cc(Cl)c1C1(O)CC1)OCCCO2. The van der Waals surface area contributed by atoms with Crippen LogP contribution in [0.2, 0.25) is 5.02 Å². The number of rotatable bonds is 2. The van der Waals surface area contributed by atoms with Crippen molar-refractivity contribution in [3.8, 4) is 11.5 Å². The third kappa shape index (κ3) is 1.86. The van der Waals surface area contributed by atoms with Crippen LogP contribution in [-0.4, -0.2) is 18.3 Å². The fourth-order valence-electron chi connectivity index (χ4n) is 2.55. The number of aliphatic hydroxyl groups is 1. The largest absolute Gasteiger partial charge is 0.489 e. The maximum Gasteiger partial charge on any atom is 0.164 e. The van der Waals surface area contributed by atoms with Crippen LogP contribution in [0.3, 0.4) is 0 Å². The van der Waals surface area contributed by atoms with Crippen LogP contribution in [0.4, 0.5) is 0 Å². The molecule has 4 heteroatoms. The number of benzene rings is 1. The number of ether oxygens (including phenoxy) is 2. The van der Waals surface area contributed by atoms with Crippen molar-refractivity contribution in [2.24, 2.45) is 0 Å². The minimum atomic E-state index is -0.743. The second-order valence-electron chi connectivity index (χ2n) is 4.97. The summed E-state index contributed by atoms with van der Waals surface area (Å²) < 4.78 is 11.5. The third-order valence-corrected chi connectivity index (χ3v) is 3.93. The maximum absolute atomic E-state index is 10.4. The topological polar surface area (TPSA) is 38.7 Å². The third-order valence-electron chi connectivity index (χ3n) is 3.63. The maximum atomic E-state index is 10.4. The summed E-state index contributed by atoms with van der Waals surface area (Å²) in [5.74, 6) is 1.48. The molecule has 1 heterocycles. The lowest BCUT2D eigenvalue weighted by molar-refractivity contribution is 0.150. The van der Waals surface area contributed by atoms with Crippen LogP contribution in [0.5, 0.6) is 11.5 Å². The van der Waals surface area contributed by atoms with Gasteiger partial charge in [-0.25, -0.2) is 0 Å². The number of hydrogen-bond donors (Lipinski definition) is 1. The molecular formula is C14H17ClO3. The Morgan fingerprint density at radius 1 is 1.33 bits per heavy atom. The summed E-state index contributed by atoms with van der Waals surface area (Å²) in [7, 11) is 0. The van der Waals surface area contributed by atoms with E-state index in [0.29, 0.717) is 24.0 Å². The van der Waals surface area contributed by atoms with Crippen LogP contribution in [0, 0.1) is 0 Å². The van der Waals surface area contributed by atoms with Gasteiger partial charge in [-0.3, -0.25) is 0 Å². The van der Waals surface area contributed by atoms with Crippen LogP contribution in [0.15, 0.2) is 6.07 Å². The Hall–Kier alpha value is -0.930. The zero-order valence-corrected chi connectivity index (χ0v) is 11.2. The molecule has 3 rings (SSSR count). The smallest absolute Gasteiger partial charge is 0.164 e. The van der Waals surface area contributed by atoms with Crippen molar-refractivity contribution in [2.45, 2.75) is 38.2 Å². The average molecular weight is 269 g/mol. The Morgan fingerprint density at radius 3 is 2.72 bits per heavy atom. The van der Waals surface area contributed by atoms with Gasteiger partial charge < -0.3 is 14.6 Å². The molecule has 2 aliphatic rings. The molecule has 1 fully saturated rings. The van der Waals surface area contributed by atoms with Gasteiger partial charge >= 0.3 is 0 Å². The van der Waals surface area contributed by atoms with Gasteiger partial charge in [0, 0.05) is 23.6 Å². The van der Waals surface area contributed by atoms with E-state index < -0.39 is 5.60 Å². The van der Waals surface area contributed by atoms with E-state index in [4.69, 9.17) is 21.1 Å². The molecule has 3 nitrogen and oxygen atoms in total. The van der Waals surface area contributed by atoms with Crippen molar-refractivity contribution in [1.82, 2.24) is 0 Å². The molecule has 0 spiro atoms. The first-order chi connectivity index (χ1) is 8.65. The summed E-state index contributed by atoms with van der Waals surface area (Å²) in [6, 6.07) is 1.78. The molecule has 0 aromatic heterocycles. The minimum absolute atomic E-state index is 0.594. The molecule has 1 aromatic carbocycles. The normalized spacial score (nSPS) is 20.4. The number of hydrogen-bond acceptors (Lipinski definition) is 3. The van der Waals surface area contributed by atoms with Crippen molar-refractivity contribution in [3.63, 3.8) is 0 Å². The monoisotopic (exact) mass is 268 g/mol. The summed E-state index contributed by atoms with van der Waals surface area (Å²) in [5.41, 5.74) is 1.10. The number of fused-ring (bicyclic) bond motifs is 1. The van der Waals surface area contributed by atoms with Gasteiger partial charge in [-0.15, -0.1) is 0 Å². The predicted octanol–water partition coefficient (Wildman–Crippen LogP) is 3.05. The van der Waals surface area contributed by atoms with Gasteiger partial charge in [0.1, 0.15) is 0 Å². The summed E-state index contributed by atoms with van der Waals surface area (Å²) in [5, 5.41) is 11.0. The molecule has 1 aromatic rings. The van der Waals surface area contributed by atoms with Crippen LogP contribution in [0.1, 0.15) is 37.3 Å². The fourth-order valence-corrected chi connectivity index (χ4v) is 2.94. The Morgan fingerprint density at radius 2 is 2.06 bits per heavy atom. The molecule has 98 valence electrons. The van der Waals surface area contributed by atoms with Crippen molar-refractivity contribution in [2.75, 3.05) is 13.2 Å². The van der Waals surface area contributed by atoms with E-state index in [1.165, 1.54) is 0 Å². The molecule has 0 bridgehead atoms. The van der Waals surface area contributed by atoms with E-state index in [-0.39, 0.29) is 0 Å². The van der Waals surface area contributed by atoms with Gasteiger partial charge in [-0.2, -0.15) is 0 Å². The molecule has 1 N–H and O–H groups in total. The highest BCUT2D eigenvalue weighted by atomic mass is 35.5. The second-order valence-corrected chi connectivity index (χ2v) is 5.38. The lowest BCUT2D eigenvalue weighted by Gasteiger charge is -2.20. The van der Waals surface area contributed by atoms with Crippen molar-refractivity contribution >= 4 is 11.6 Å². The zero-order chi connectivity index (χ0) is 12.8.